The Hall–Kier alpha value is -2.33. The van der Waals surface area contributed by atoms with Gasteiger partial charge in [0.05, 0.1) is 16.6 Å². The van der Waals surface area contributed by atoms with E-state index in [-0.39, 0.29) is 24.2 Å². The molecule has 4 rings (SSSR count). The van der Waals surface area contributed by atoms with Crippen molar-refractivity contribution in [2.24, 2.45) is 5.92 Å². The topological polar surface area (TPSA) is 49.4 Å². The van der Waals surface area contributed by atoms with Crippen molar-refractivity contribution >= 4 is 34.8 Å². The number of hydrogen-bond acceptors (Lipinski definition) is 2. The number of benzene rings is 2. The van der Waals surface area contributed by atoms with E-state index in [2.05, 4.69) is 17.4 Å². The molecule has 1 aliphatic heterocycles. The number of amides is 2. The molecule has 0 saturated carbocycles. The molecule has 0 aromatic heterocycles. The number of rotatable bonds is 3. The summed E-state index contributed by atoms with van der Waals surface area (Å²) in [4.78, 5) is 26.8. The standard InChI is InChI=1S/C21H21ClN2O2/c1-13-5-8-19(18(22)9-13)23-21(26)16-11-20(25)24(12-16)17-7-6-14-3-2-4-15(14)10-17/h5-10,16H,2-4,11-12H2,1H3,(H,23,26). The summed E-state index contributed by atoms with van der Waals surface area (Å²) < 4.78 is 0. The van der Waals surface area contributed by atoms with Crippen LogP contribution in [0, 0.1) is 12.8 Å². The SMILES string of the molecule is Cc1ccc(NC(=O)C2CC(=O)N(c3ccc4c(c3)CCC4)C2)c(Cl)c1. The lowest BCUT2D eigenvalue weighted by Crippen LogP contribution is -2.28. The van der Waals surface area contributed by atoms with Crippen LogP contribution in [0.25, 0.3) is 0 Å². The maximum absolute atomic E-state index is 12.6. The molecule has 1 heterocycles. The number of aryl methyl sites for hydroxylation is 3. The molecular formula is C21H21ClN2O2. The third kappa shape index (κ3) is 3.21. The van der Waals surface area contributed by atoms with Gasteiger partial charge in [-0.2, -0.15) is 0 Å². The van der Waals surface area contributed by atoms with Gasteiger partial charge in [0, 0.05) is 18.7 Å². The summed E-state index contributed by atoms with van der Waals surface area (Å²) >= 11 is 6.20. The van der Waals surface area contributed by atoms with E-state index in [0.29, 0.717) is 17.3 Å². The molecule has 1 atom stereocenters. The molecule has 5 heteroatoms. The van der Waals surface area contributed by atoms with E-state index in [1.54, 1.807) is 11.0 Å². The molecule has 1 saturated heterocycles. The van der Waals surface area contributed by atoms with Crippen LogP contribution in [-0.2, 0) is 22.4 Å². The van der Waals surface area contributed by atoms with Gasteiger partial charge in [-0.25, -0.2) is 0 Å². The highest BCUT2D eigenvalue weighted by atomic mass is 35.5. The number of hydrogen-bond donors (Lipinski definition) is 1. The van der Waals surface area contributed by atoms with Crippen LogP contribution in [0.15, 0.2) is 36.4 Å². The quantitative estimate of drug-likeness (QED) is 0.885. The number of carbonyl (C=O) groups excluding carboxylic acids is 2. The number of anilines is 2. The first kappa shape index (κ1) is 17.1. The van der Waals surface area contributed by atoms with Crippen LogP contribution in [0.5, 0.6) is 0 Å². The number of carbonyl (C=O) groups is 2. The van der Waals surface area contributed by atoms with E-state index in [4.69, 9.17) is 11.6 Å². The van der Waals surface area contributed by atoms with E-state index < -0.39 is 0 Å². The highest BCUT2D eigenvalue weighted by Crippen LogP contribution is 2.31. The predicted molar refractivity (Wildman–Crippen MR) is 104 cm³/mol. The summed E-state index contributed by atoms with van der Waals surface area (Å²) in [7, 11) is 0. The maximum Gasteiger partial charge on any atom is 0.229 e. The van der Waals surface area contributed by atoms with E-state index >= 15 is 0 Å². The fraction of sp³-hybridized carbons (Fsp3) is 0.333. The lowest BCUT2D eigenvalue weighted by Gasteiger charge is -2.18. The Kier molecular flexibility index (Phi) is 4.45. The van der Waals surface area contributed by atoms with Gasteiger partial charge in [-0.1, -0.05) is 23.7 Å². The number of halogens is 1. The average Bonchev–Trinajstić information content (AvgIpc) is 3.23. The van der Waals surface area contributed by atoms with E-state index in [1.165, 1.54) is 17.5 Å². The van der Waals surface area contributed by atoms with Crippen molar-refractivity contribution < 1.29 is 9.59 Å². The zero-order valence-corrected chi connectivity index (χ0v) is 15.5. The lowest BCUT2D eigenvalue weighted by molar-refractivity contribution is -0.122. The summed E-state index contributed by atoms with van der Waals surface area (Å²) in [5.74, 6) is -0.529. The van der Waals surface area contributed by atoms with Gasteiger partial charge in [-0.15, -0.1) is 0 Å². The summed E-state index contributed by atoms with van der Waals surface area (Å²) in [6, 6.07) is 11.7. The second kappa shape index (κ2) is 6.76. The molecule has 2 aromatic carbocycles. The molecule has 26 heavy (non-hydrogen) atoms. The molecule has 0 radical (unpaired) electrons. The first-order valence-electron chi connectivity index (χ1n) is 9.00. The smallest absolute Gasteiger partial charge is 0.229 e. The Morgan fingerprint density at radius 2 is 1.96 bits per heavy atom. The third-order valence-electron chi connectivity index (χ3n) is 5.27. The van der Waals surface area contributed by atoms with Crippen molar-refractivity contribution in [1.29, 1.82) is 0 Å². The van der Waals surface area contributed by atoms with Gasteiger partial charge in [-0.05, 0) is 67.1 Å². The van der Waals surface area contributed by atoms with Crippen molar-refractivity contribution in [3.05, 3.63) is 58.1 Å². The molecule has 0 spiro atoms. The Morgan fingerprint density at radius 1 is 1.15 bits per heavy atom. The van der Waals surface area contributed by atoms with E-state index in [1.807, 2.05) is 25.1 Å². The van der Waals surface area contributed by atoms with Crippen LogP contribution in [0.3, 0.4) is 0 Å². The fourth-order valence-electron chi connectivity index (χ4n) is 3.82. The average molecular weight is 369 g/mol. The van der Waals surface area contributed by atoms with E-state index in [0.717, 1.165) is 24.1 Å². The molecule has 2 aliphatic rings. The van der Waals surface area contributed by atoms with E-state index in [9.17, 15) is 9.59 Å². The van der Waals surface area contributed by atoms with Crippen LogP contribution < -0.4 is 10.2 Å². The maximum atomic E-state index is 12.6. The molecular weight excluding hydrogens is 348 g/mol. The molecule has 1 unspecified atom stereocenters. The number of nitrogens with zero attached hydrogens (tertiary/aromatic N) is 1. The largest absolute Gasteiger partial charge is 0.324 e. The Bertz CT molecular complexity index is 894. The van der Waals surface area contributed by atoms with Crippen molar-refractivity contribution in [3.63, 3.8) is 0 Å². The molecule has 1 aliphatic carbocycles. The van der Waals surface area contributed by atoms with Crippen molar-refractivity contribution in [2.45, 2.75) is 32.6 Å². The van der Waals surface area contributed by atoms with Crippen LogP contribution >= 0.6 is 11.6 Å². The fourth-order valence-corrected chi connectivity index (χ4v) is 4.10. The zero-order chi connectivity index (χ0) is 18.3. The van der Waals surface area contributed by atoms with Gasteiger partial charge in [0.1, 0.15) is 0 Å². The molecule has 4 nitrogen and oxygen atoms in total. The van der Waals surface area contributed by atoms with Crippen molar-refractivity contribution in [2.75, 3.05) is 16.8 Å². The minimum atomic E-state index is -0.367. The van der Waals surface area contributed by atoms with Crippen LogP contribution in [-0.4, -0.2) is 18.4 Å². The van der Waals surface area contributed by atoms with Gasteiger partial charge >= 0.3 is 0 Å². The minimum absolute atomic E-state index is 0.00176. The number of nitrogens with one attached hydrogen (secondary N) is 1. The summed E-state index contributed by atoms with van der Waals surface area (Å²) in [6.07, 6.45) is 3.59. The molecule has 2 amide bonds. The van der Waals surface area contributed by atoms with Crippen LogP contribution in [0.1, 0.15) is 29.5 Å². The van der Waals surface area contributed by atoms with Crippen molar-refractivity contribution in [3.8, 4) is 0 Å². The monoisotopic (exact) mass is 368 g/mol. The highest BCUT2D eigenvalue weighted by molar-refractivity contribution is 6.33. The van der Waals surface area contributed by atoms with Crippen LogP contribution in [0.4, 0.5) is 11.4 Å². The second-order valence-corrected chi connectivity index (χ2v) is 7.59. The van der Waals surface area contributed by atoms with Gasteiger partial charge in [0.15, 0.2) is 0 Å². The molecule has 2 aromatic rings. The molecule has 1 fully saturated rings. The Balaban J connectivity index is 1.48. The molecule has 0 bridgehead atoms. The number of fused-ring (bicyclic) bond motifs is 1. The lowest BCUT2D eigenvalue weighted by atomic mass is 10.1. The first-order chi connectivity index (χ1) is 12.5. The molecule has 134 valence electrons. The summed E-state index contributed by atoms with van der Waals surface area (Å²) in [6.45, 7) is 2.36. The summed E-state index contributed by atoms with van der Waals surface area (Å²) in [5, 5.41) is 3.38. The van der Waals surface area contributed by atoms with Crippen molar-refractivity contribution in [1.82, 2.24) is 0 Å². The highest BCUT2D eigenvalue weighted by Gasteiger charge is 2.35. The van der Waals surface area contributed by atoms with Gasteiger partial charge in [0.2, 0.25) is 11.8 Å². The second-order valence-electron chi connectivity index (χ2n) is 7.18. The Morgan fingerprint density at radius 3 is 2.77 bits per heavy atom. The minimum Gasteiger partial charge on any atom is -0.324 e. The first-order valence-corrected chi connectivity index (χ1v) is 9.38. The Labute approximate surface area is 158 Å². The summed E-state index contributed by atoms with van der Waals surface area (Å²) in [5.41, 5.74) is 5.23. The normalized spacial score (nSPS) is 18.9. The predicted octanol–water partition coefficient (Wildman–Crippen LogP) is 4.13. The van der Waals surface area contributed by atoms with Gasteiger partial charge in [0.25, 0.3) is 0 Å². The van der Waals surface area contributed by atoms with Crippen LogP contribution in [0.2, 0.25) is 5.02 Å². The molecule has 1 N–H and O–H groups in total. The van der Waals surface area contributed by atoms with Gasteiger partial charge in [-0.3, -0.25) is 9.59 Å². The zero-order valence-electron chi connectivity index (χ0n) is 14.7. The third-order valence-corrected chi connectivity index (χ3v) is 5.58. The van der Waals surface area contributed by atoms with Gasteiger partial charge < -0.3 is 10.2 Å².